The van der Waals surface area contributed by atoms with Gasteiger partial charge in [-0.15, -0.1) is 0 Å². The van der Waals surface area contributed by atoms with E-state index in [0.717, 1.165) is 10.9 Å². The molecule has 0 fully saturated rings. The first kappa shape index (κ1) is 14.4. The molecule has 102 valence electrons. The molecule has 0 bridgehead atoms. The Morgan fingerprint density at radius 3 is 2.85 bits per heavy atom. The number of hydrogen-bond acceptors (Lipinski definition) is 2. The molecule has 0 saturated heterocycles. The van der Waals surface area contributed by atoms with Crippen LogP contribution in [-0.4, -0.2) is 11.7 Å². The van der Waals surface area contributed by atoms with Gasteiger partial charge in [-0.1, -0.05) is 23.8 Å². The third-order valence-electron chi connectivity index (χ3n) is 2.97. The monoisotopic (exact) mass is 288 g/mol. The first-order valence-corrected chi connectivity index (χ1v) is 6.51. The third kappa shape index (κ3) is 2.63. The molecule has 0 unspecified atom stereocenters. The second-order valence-corrected chi connectivity index (χ2v) is 4.67. The van der Waals surface area contributed by atoms with Crippen LogP contribution < -0.4 is 0 Å². The standard InChI is InChI=1S/C16H14ClFN2/c1-4-5-6-13(19-3)16-10(2)15(17)12-8-7-11(18)9-14(12)20-16/h4-9H,3H2,1-2H3/b5-4-,13-6-. The average molecular weight is 289 g/mol. The molecule has 4 heteroatoms. The molecule has 0 spiro atoms. The summed E-state index contributed by atoms with van der Waals surface area (Å²) in [6.45, 7) is 7.32. The van der Waals surface area contributed by atoms with Gasteiger partial charge in [0, 0.05) is 11.5 Å². The average Bonchev–Trinajstić information content (AvgIpc) is 2.44. The summed E-state index contributed by atoms with van der Waals surface area (Å²) in [6.07, 6.45) is 5.52. The van der Waals surface area contributed by atoms with Crippen molar-refractivity contribution in [2.24, 2.45) is 4.99 Å². The van der Waals surface area contributed by atoms with Gasteiger partial charge in [0.2, 0.25) is 0 Å². The molecule has 20 heavy (non-hydrogen) atoms. The van der Waals surface area contributed by atoms with Crippen LogP contribution in [0.25, 0.3) is 16.6 Å². The SMILES string of the molecule is C=N/C(=C\C=C/C)c1nc2cc(F)ccc2c(Cl)c1C. The summed E-state index contributed by atoms with van der Waals surface area (Å²) in [5.74, 6) is -0.346. The fourth-order valence-electron chi connectivity index (χ4n) is 1.94. The predicted molar refractivity (Wildman–Crippen MR) is 83.8 cm³/mol. The zero-order valence-electron chi connectivity index (χ0n) is 11.3. The highest BCUT2D eigenvalue weighted by Crippen LogP contribution is 2.31. The molecule has 0 aliphatic rings. The minimum absolute atomic E-state index is 0.346. The Hall–Kier alpha value is -2.00. The molecule has 0 radical (unpaired) electrons. The van der Waals surface area contributed by atoms with Gasteiger partial charge in [0.15, 0.2) is 0 Å². The highest BCUT2D eigenvalue weighted by atomic mass is 35.5. The fourth-order valence-corrected chi connectivity index (χ4v) is 2.19. The Labute approximate surface area is 122 Å². The maximum Gasteiger partial charge on any atom is 0.125 e. The molecule has 0 atom stereocenters. The van der Waals surface area contributed by atoms with Crippen molar-refractivity contribution in [1.82, 2.24) is 4.98 Å². The van der Waals surface area contributed by atoms with Crippen LogP contribution in [0.1, 0.15) is 18.2 Å². The van der Waals surface area contributed by atoms with E-state index in [0.29, 0.717) is 21.9 Å². The molecule has 2 aromatic rings. The van der Waals surface area contributed by atoms with E-state index in [2.05, 4.69) is 16.7 Å². The number of fused-ring (bicyclic) bond motifs is 1. The van der Waals surface area contributed by atoms with Crippen molar-refractivity contribution in [3.63, 3.8) is 0 Å². The third-order valence-corrected chi connectivity index (χ3v) is 3.46. The Morgan fingerprint density at radius 2 is 2.20 bits per heavy atom. The van der Waals surface area contributed by atoms with Gasteiger partial charge in [-0.2, -0.15) is 0 Å². The summed E-state index contributed by atoms with van der Waals surface area (Å²) in [6, 6.07) is 4.37. The van der Waals surface area contributed by atoms with Crippen LogP contribution in [-0.2, 0) is 0 Å². The molecule has 0 aliphatic carbocycles. The lowest BCUT2D eigenvalue weighted by Gasteiger charge is -2.10. The summed E-state index contributed by atoms with van der Waals surface area (Å²) >= 11 is 6.35. The number of allylic oxidation sites excluding steroid dienone is 3. The first-order valence-electron chi connectivity index (χ1n) is 6.14. The van der Waals surface area contributed by atoms with Gasteiger partial charge in [0.1, 0.15) is 5.82 Å². The van der Waals surface area contributed by atoms with Crippen molar-refractivity contribution in [3.8, 4) is 0 Å². The van der Waals surface area contributed by atoms with Gasteiger partial charge in [-0.3, -0.25) is 4.99 Å². The van der Waals surface area contributed by atoms with Crippen molar-refractivity contribution in [2.45, 2.75) is 13.8 Å². The molecule has 0 aliphatic heterocycles. The summed E-state index contributed by atoms with van der Waals surface area (Å²) in [7, 11) is 0. The van der Waals surface area contributed by atoms with Crippen LogP contribution in [0, 0.1) is 12.7 Å². The van der Waals surface area contributed by atoms with E-state index >= 15 is 0 Å². The van der Waals surface area contributed by atoms with Gasteiger partial charge in [0.25, 0.3) is 0 Å². The quantitative estimate of drug-likeness (QED) is 0.579. The zero-order valence-corrected chi connectivity index (χ0v) is 12.1. The van der Waals surface area contributed by atoms with Gasteiger partial charge in [-0.25, -0.2) is 9.37 Å². The maximum atomic E-state index is 13.3. The second-order valence-electron chi connectivity index (χ2n) is 4.30. The molecule has 0 amide bonds. The summed E-state index contributed by atoms with van der Waals surface area (Å²) in [4.78, 5) is 8.43. The minimum atomic E-state index is -0.346. The van der Waals surface area contributed by atoms with Crippen LogP contribution >= 0.6 is 11.6 Å². The van der Waals surface area contributed by atoms with Crippen LogP contribution in [0.2, 0.25) is 5.02 Å². The molecule has 1 aromatic carbocycles. The van der Waals surface area contributed by atoms with Crippen LogP contribution in [0.5, 0.6) is 0 Å². The lowest BCUT2D eigenvalue weighted by atomic mass is 10.1. The highest BCUT2D eigenvalue weighted by molar-refractivity contribution is 6.36. The van der Waals surface area contributed by atoms with Gasteiger partial charge in [0.05, 0.1) is 21.9 Å². The smallest absolute Gasteiger partial charge is 0.125 e. The predicted octanol–water partition coefficient (Wildman–Crippen LogP) is 4.95. The van der Waals surface area contributed by atoms with Crippen LogP contribution in [0.15, 0.2) is 41.4 Å². The lowest BCUT2D eigenvalue weighted by Crippen LogP contribution is -1.95. The molecular formula is C16H14ClFN2. The Morgan fingerprint density at radius 1 is 1.45 bits per heavy atom. The first-order chi connectivity index (χ1) is 9.58. The van der Waals surface area contributed by atoms with Crippen molar-refractivity contribution in [3.05, 3.63) is 58.5 Å². The number of pyridine rings is 1. The van der Waals surface area contributed by atoms with E-state index in [4.69, 9.17) is 11.6 Å². The van der Waals surface area contributed by atoms with E-state index < -0.39 is 0 Å². The van der Waals surface area contributed by atoms with E-state index in [9.17, 15) is 4.39 Å². The fraction of sp³-hybridized carbons (Fsp3) is 0.125. The second kappa shape index (κ2) is 5.97. The maximum absolute atomic E-state index is 13.3. The zero-order chi connectivity index (χ0) is 14.7. The highest BCUT2D eigenvalue weighted by Gasteiger charge is 2.13. The summed E-state index contributed by atoms with van der Waals surface area (Å²) in [5, 5.41) is 1.28. The number of aromatic nitrogens is 1. The number of aliphatic imine (C=N–C) groups is 1. The summed E-state index contributed by atoms with van der Waals surface area (Å²) in [5.41, 5.74) is 2.52. The molecule has 2 rings (SSSR count). The van der Waals surface area contributed by atoms with Gasteiger partial charge >= 0.3 is 0 Å². The number of rotatable bonds is 3. The van der Waals surface area contributed by atoms with Crippen molar-refractivity contribution < 1.29 is 4.39 Å². The van der Waals surface area contributed by atoms with Gasteiger partial charge < -0.3 is 0 Å². The normalized spacial score (nSPS) is 12.3. The molecule has 0 saturated carbocycles. The summed E-state index contributed by atoms with van der Waals surface area (Å²) < 4.78 is 13.3. The Kier molecular flexibility index (Phi) is 4.30. The van der Waals surface area contributed by atoms with E-state index in [1.54, 1.807) is 12.1 Å². The van der Waals surface area contributed by atoms with Crippen molar-refractivity contribution in [2.75, 3.05) is 0 Å². The van der Waals surface area contributed by atoms with Crippen LogP contribution in [0.4, 0.5) is 4.39 Å². The van der Waals surface area contributed by atoms with E-state index in [-0.39, 0.29) is 5.82 Å². The molecular weight excluding hydrogens is 275 g/mol. The topological polar surface area (TPSA) is 25.2 Å². The number of halogens is 2. The van der Waals surface area contributed by atoms with Crippen LogP contribution in [0.3, 0.4) is 0 Å². The largest absolute Gasteiger partial charge is 0.262 e. The minimum Gasteiger partial charge on any atom is -0.262 e. The van der Waals surface area contributed by atoms with Gasteiger partial charge in [-0.05, 0) is 44.3 Å². The number of nitrogens with zero attached hydrogens (tertiary/aromatic N) is 2. The number of benzene rings is 1. The van der Waals surface area contributed by atoms with E-state index in [1.807, 2.05) is 26.0 Å². The van der Waals surface area contributed by atoms with Crippen molar-refractivity contribution in [1.29, 1.82) is 0 Å². The molecule has 0 N–H and O–H groups in total. The van der Waals surface area contributed by atoms with E-state index in [1.165, 1.54) is 12.1 Å². The molecule has 1 aromatic heterocycles. The van der Waals surface area contributed by atoms with Crippen molar-refractivity contribution >= 4 is 34.9 Å². The Bertz CT molecular complexity index is 733. The molecule has 1 heterocycles. The number of hydrogen-bond donors (Lipinski definition) is 0. The lowest BCUT2D eigenvalue weighted by molar-refractivity contribution is 0.629. The Balaban J connectivity index is 2.76. The molecule has 2 nitrogen and oxygen atoms in total.